The predicted molar refractivity (Wildman–Crippen MR) is 99.1 cm³/mol. The largest absolute Gasteiger partial charge is 0.465 e. The molecular formula is C20H32N2O3. The van der Waals surface area contributed by atoms with Crippen LogP contribution in [0.5, 0.6) is 0 Å². The number of hydrogen-bond donors (Lipinski definition) is 0. The summed E-state index contributed by atoms with van der Waals surface area (Å²) in [6.07, 6.45) is 0.929. The molecule has 0 bridgehead atoms. The van der Waals surface area contributed by atoms with Gasteiger partial charge < -0.3 is 9.47 Å². The summed E-state index contributed by atoms with van der Waals surface area (Å²) in [7, 11) is 0. The molecule has 0 spiro atoms. The Labute approximate surface area is 151 Å². The minimum Gasteiger partial charge on any atom is -0.465 e. The van der Waals surface area contributed by atoms with Crippen molar-refractivity contribution < 1.29 is 14.3 Å². The normalized spacial score (nSPS) is 21.2. The van der Waals surface area contributed by atoms with Crippen LogP contribution in [0.15, 0.2) is 30.3 Å². The fourth-order valence-electron chi connectivity index (χ4n) is 3.61. The maximum Gasteiger partial charge on any atom is 0.320 e. The lowest BCUT2D eigenvalue weighted by atomic mass is 9.87. The molecule has 1 aliphatic rings. The number of rotatable bonds is 8. The smallest absolute Gasteiger partial charge is 0.320 e. The summed E-state index contributed by atoms with van der Waals surface area (Å²) in [5.74, 6) is -0.187. The average molecular weight is 348 g/mol. The fraction of sp³-hybridized carbons (Fsp3) is 0.650. The molecule has 1 aromatic rings. The van der Waals surface area contributed by atoms with Crippen molar-refractivity contribution in [3.63, 3.8) is 0 Å². The second-order valence-corrected chi connectivity index (χ2v) is 7.28. The summed E-state index contributed by atoms with van der Waals surface area (Å²) in [5, 5.41) is 0. The van der Waals surface area contributed by atoms with E-state index in [-0.39, 0.29) is 24.2 Å². The lowest BCUT2D eigenvalue weighted by Crippen LogP contribution is -2.61. The first kappa shape index (κ1) is 19.9. The molecule has 0 radical (unpaired) electrons. The Morgan fingerprint density at radius 2 is 1.92 bits per heavy atom. The number of benzene rings is 1. The third-order valence-electron chi connectivity index (χ3n) is 4.53. The number of esters is 1. The quantitative estimate of drug-likeness (QED) is 0.676. The first-order valence-corrected chi connectivity index (χ1v) is 9.23. The summed E-state index contributed by atoms with van der Waals surface area (Å²) < 4.78 is 11.1. The van der Waals surface area contributed by atoms with Crippen LogP contribution in [-0.2, 0) is 20.7 Å². The van der Waals surface area contributed by atoms with E-state index in [0.29, 0.717) is 13.2 Å². The average Bonchev–Trinajstić information content (AvgIpc) is 2.57. The molecule has 2 rings (SSSR count). The van der Waals surface area contributed by atoms with Crippen molar-refractivity contribution in [3.8, 4) is 0 Å². The van der Waals surface area contributed by atoms with Crippen LogP contribution in [0.2, 0.25) is 0 Å². The molecule has 1 saturated heterocycles. The number of carbonyl (C=O) groups excluding carboxylic acids is 1. The van der Waals surface area contributed by atoms with Gasteiger partial charge >= 0.3 is 5.97 Å². The van der Waals surface area contributed by atoms with Gasteiger partial charge in [0.25, 0.3) is 0 Å². The minimum absolute atomic E-state index is 0.0581. The van der Waals surface area contributed by atoms with Gasteiger partial charge in [-0.15, -0.1) is 0 Å². The van der Waals surface area contributed by atoms with Crippen LogP contribution in [-0.4, -0.2) is 61.5 Å². The molecule has 0 N–H and O–H groups in total. The van der Waals surface area contributed by atoms with Crippen molar-refractivity contribution in [1.82, 2.24) is 9.80 Å². The third-order valence-corrected chi connectivity index (χ3v) is 4.53. The topological polar surface area (TPSA) is 42.0 Å². The monoisotopic (exact) mass is 348 g/mol. The molecule has 0 aliphatic carbocycles. The first-order chi connectivity index (χ1) is 12.0. The van der Waals surface area contributed by atoms with Gasteiger partial charge in [-0.1, -0.05) is 44.2 Å². The van der Waals surface area contributed by atoms with Gasteiger partial charge in [0.2, 0.25) is 0 Å². The Hall–Kier alpha value is -1.43. The molecule has 5 nitrogen and oxygen atoms in total. The molecule has 140 valence electrons. The highest BCUT2D eigenvalue weighted by Gasteiger charge is 2.42. The van der Waals surface area contributed by atoms with E-state index in [4.69, 9.17) is 9.47 Å². The molecule has 1 heterocycles. The lowest BCUT2D eigenvalue weighted by molar-refractivity contribution is -0.185. The summed E-state index contributed by atoms with van der Waals surface area (Å²) in [5.41, 5.74) is 1.28. The second kappa shape index (κ2) is 9.32. The van der Waals surface area contributed by atoms with Crippen LogP contribution < -0.4 is 0 Å². The van der Waals surface area contributed by atoms with Crippen LogP contribution in [0.3, 0.4) is 0 Å². The van der Waals surface area contributed by atoms with Gasteiger partial charge in [-0.25, -0.2) is 0 Å². The molecule has 1 aromatic carbocycles. The Balaban J connectivity index is 2.03. The van der Waals surface area contributed by atoms with Gasteiger partial charge in [-0.3, -0.25) is 14.6 Å². The highest BCUT2D eigenvalue weighted by atomic mass is 16.5. The van der Waals surface area contributed by atoms with Crippen LogP contribution in [0.25, 0.3) is 0 Å². The molecule has 1 aliphatic heterocycles. The highest BCUT2D eigenvalue weighted by Crippen LogP contribution is 2.32. The van der Waals surface area contributed by atoms with Crippen molar-refractivity contribution in [2.24, 2.45) is 5.41 Å². The Morgan fingerprint density at radius 1 is 1.20 bits per heavy atom. The van der Waals surface area contributed by atoms with Gasteiger partial charge in [-0.05, 0) is 25.8 Å². The van der Waals surface area contributed by atoms with E-state index < -0.39 is 0 Å². The molecule has 0 amide bonds. The van der Waals surface area contributed by atoms with Gasteiger partial charge in [0.15, 0.2) is 0 Å². The van der Waals surface area contributed by atoms with E-state index in [9.17, 15) is 4.79 Å². The van der Waals surface area contributed by atoms with E-state index in [1.54, 1.807) is 0 Å². The Bertz CT molecular complexity index is 533. The molecule has 0 saturated carbocycles. The fourth-order valence-corrected chi connectivity index (χ4v) is 3.61. The molecule has 5 heteroatoms. The van der Waals surface area contributed by atoms with Crippen molar-refractivity contribution in [2.75, 3.05) is 39.5 Å². The van der Waals surface area contributed by atoms with Crippen LogP contribution in [0, 0.1) is 5.41 Å². The molecule has 0 aromatic heterocycles. The zero-order valence-electron chi connectivity index (χ0n) is 16.0. The van der Waals surface area contributed by atoms with Crippen molar-refractivity contribution in [2.45, 2.75) is 40.3 Å². The van der Waals surface area contributed by atoms with Gasteiger partial charge in [0, 0.05) is 25.1 Å². The summed E-state index contributed by atoms with van der Waals surface area (Å²) in [4.78, 5) is 16.5. The van der Waals surface area contributed by atoms with Crippen LogP contribution in [0.1, 0.15) is 33.3 Å². The van der Waals surface area contributed by atoms with Gasteiger partial charge in [0.1, 0.15) is 12.8 Å². The van der Waals surface area contributed by atoms with E-state index in [0.717, 1.165) is 26.2 Å². The zero-order chi connectivity index (χ0) is 18.3. The van der Waals surface area contributed by atoms with E-state index in [2.05, 4.69) is 47.9 Å². The van der Waals surface area contributed by atoms with Gasteiger partial charge in [-0.2, -0.15) is 0 Å². The Kier molecular flexibility index (Phi) is 7.41. The van der Waals surface area contributed by atoms with Crippen LogP contribution >= 0.6 is 0 Å². The van der Waals surface area contributed by atoms with E-state index in [1.807, 2.05) is 19.9 Å². The molecule has 1 unspecified atom stereocenters. The van der Waals surface area contributed by atoms with Crippen LogP contribution in [0.4, 0.5) is 0 Å². The summed E-state index contributed by atoms with van der Waals surface area (Å²) in [6, 6.07) is 10.5. The lowest BCUT2D eigenvalue weighted by Gasteiger charge is -2.50. The zero-order valence-corrected chi connectivity index (χ0v) is 16.0. The third kappa shape index (κ3) is 5.80. The van der Waals surface area contributed by atoms with Gasteiger partial charge in [0.05, 0.1) is 13.3 Å². The second-order valence-electron chi connectivity index (χ2n) is 7.28. The number of ether oxygens (including phenoxy) is 2. The maximum atomic E-state index is 12.0. The minimum atomic E-state index is -0.187. The Morgan fingerprint density at radius 3 is 2.56 bits per heavy atom. The SMILES string of the molecule is CCOC(=O)CN1CN(CCc2ccccc2)CC(C)(C)C1OCC. The molecule has 25 heavy (non-hydrogen) atoms. The highest BCUT2D eigenvalue weighted by molar-refractivity contribution is 5.71. The number of hydrogen-bond acceptors (Lipinski definition) is 5. The van der Waals surface area contributed by atoms with E-state index in [1.165, 1.54) is 5.56 Å². The molecular weight excluding hydrogens is 316 g/mol. The number of carbonyl (C=O) groups is 1. The number of nitrogens with zero attached hydrogens (tertiary/aromatic N) is 2. The van der Waals surface area contributed by atoms with Crippen molar-refractivity contribution in [1.29, 1.82) is 0 Å². The first-order valence-electron chi connectivity index (χ1n) is 9.23. The maximum absolute atomic E-state index is 12.0. The summed E-state index contributed by atoms with van der Waals surface area (Å²) in [6.45, 7) is 12.2. The van der Waals surface area contributed by atoms with Crippen molar-refractivity contribution >= 4 is 5.97 Å². The summed E-state index contributed by atoms with van der Waals surface area (Å²) >= 11 is 0. The standard InChI is InChI=1S/C20H32N2O3/c1-5-24-18(23)14-22-16-21(13-12-17-10-8-7-9-11-17)15-20(3,4)19(22)25-6-2/h7-11,19H,5-6,12-16H2,1-4H3. The molecule has 1 fully saturated rings. The molecule has 1 atom stereocenters. The van der Waals surface area contributed by atoms with E-state index >= 15 is 0 Å². The van der Waals surface area contributed by atoms with Crippen molar-refractivity contribution in [3.05, 3.63) is 35.9 Å². The predicted octanol–water partition coefficient (Wildman–Crippen LogP) is 2.76.